The molecule has 0 unspecified atom stereocenters. The van der Waals surface area contributed by atoms with Gasteiger partial charge < -0.3 is 4.98 Å². The second-order valence-corrected chi connectivity index (χ2v) is 4.89. The van der Waals surface area contributed by atoms with E-state index in [0.29, 0.717) is 21.5 Å². The summed E-state index contributed by atoms with van der Waals surface area (Å²) in [5.74, 6) is 0. The molecule has 3 aromatic rings. The Kier molecular flexibility index (Phi) is 2.88. The molecule has 0 spiro atoms. The highest BCUT2D eigenvalue weighted by Gasteiger charge is 2.11. The van der Waals surface area contributed by atoms with E-state index in [1.165, 1.54) is 0 Å². The van der Waals surface area contributed by atoms with Crippen LogP contribution in [-0.2, 0) is 0 Å². The molecular weight excluding hydrogens is 258 g/mol. The molecule has 0 bridgehead atoms. The van der Waals surface area contributed by atoms with Crippen molar-refractivity contribution in [1.82, 2.24) is 4.98 Å². The van der Waals surface area contributed by atoms with Crippen LogP contribution in [0.5, 0.6) is 0 Å². The van der Waals surface area contributed by atoms with Crippen molar-refractivity contribution in [3.05, 3.63) is 69.3 Å². The summed E-state index contributed by atoms with van der Waals surface area (Å²) in [5, 5.41) is 1.19. The number of hydrogen-bond donors (Lipinski definition) is 1. The van der Waals surface area contributed by atoms with Crippen molar-refractivity contribution in [1.29, 1.82) is 0 Å². The van der Waals surface area contributed by atoms with E-state index >= 15 is 0 Å². The van der Waals surface area contributed by atoms with Gasteiger partial charge in [0.05, 0.1) is 16.2 Å². The number of aromatic nitrogens is 1. The number of nitrogens with one attached hydrogen (secondary N) is 1. The van der Waals surface area contributed by atoms with E-state index in [1.807, 2.05) is 37.3 Å². The SMILES string of the molecule is Cc1c(-c2ccccc2)[nH]c2c(Cl)cccc2c1=O. The molecule has 0 atom stereocenters. The summed E-state index contributed by atoms with van der Waals surface area (Å²) in [6.45, 7) is 1.83. The predicted molar refractivity (Wildman–Crippen MR) is 79.8 cm³/mol. The average Bonchev–Trinajstić information content (AvgIpc) is 2.44. The highest BCUT2D eigenvalue weighted by atomic mass is 35.5. The van der Waals surface area contributed by atoms with Crippen LogP contribution in [0.3, 0.4) is 0 Å². The van der Waals surface area contributed by atoms with Gasteiger partial charge in [-0.15, -0.1) is 0 Å². The molecule has 19 heavy (non-hydrogen) atoms. The average molecular weight is 270 g/mol. The molecule has 1 heterocycles. The number of halogens is 1. The number of para-hydroxylation sites is 1. The number of H-pyrrole nitrogens is 1. The fourth-order valence-corrected chi connectivity index (χ4v) is 2.49. The lowest BCUT2D eigenvalue weighted by Crippen LogP contribution is -2.09. The lowest BCUT2D eigenvalue weighted by molar-refractivity contribution is 1.30. The molecule has 3 heteroatoms. The molecule has 0 saturated heterocycles. The Morgan fingerprint density at radius 1 is 1.00 bits per heavy atom. The molecular formula is C16H12ClNO. The van der Waals surface area contributed by atoms with Gasteiger partial charge in [-0.1, -0.05) is 48.0 Å². The highest BCUT2D eigenvalue weighted by molar-refractivity contribution is 6.35. The Balaban J connectivity index is 2.42. The smallest absolute Gasteiger partial charge is 0.192 e. The van der Waals surface area contributed by atoms with Gasteiger partial charge >= 0.3 is 0 Å². The van der Waals surface area contributed by atoms with Crippen molar-refractivity contribution in [2.45, 2.75) is 6.92 Å². The monoisotopic (exact) mass is 269 g/mol. The van der Waals surface area contributed by atoms with Crippen LogP contribution < -0.4 is 5.43 Å². The minimum absolute atomic E-state index is 0.0232. The van der Waals surface area contributed by atoms with Crippen LogP contribution in [-0.4, -0.2) is 4.98 Å². The summed E-state index contributed by atoms with van der Waals surface area (Å²) >= 11 is 6.17. The van der Waals surface area contributed by atoms with Gasteiger partial charge in [-0.25, -0.2) is 0 Å². The van der Waals surface area contributed by atoms with Gasteiger partial charge in [-0.05, 0) is 24.6 Å². The fourth-order valence-electron chi connectivity index (χ4n) is 2.27. The minimum atomic E-state index is 0.0232. The molecule has 2 nitrogen and oxygen atoms in total. The van der Waals surface area contributed by atoms with Crippen LogP contribution in [0.2, 0.25) is 5.02 Å². The Labute approximate surface area is 115 Å². The number of hydrogen-bond acceptors (Lipinski definition) is 1. The number of aromatic amines is 1. The van der Waals surface area contributed by atoms with Crippen molar-refractivity contribution in [2.24, 2.45) is 0 Å². The van der Waals surface area contributed by atoms with E-state index in [0.717, 1.165) is 11.3 Å². The van der Waals surface area contributed by atoms with Crippen molar-refractivity contribution in [3.8, 4) is 11.3 Å². The van der Waals surface area contributed by atoms with Crippen LogP contribution in [0.4, 0.5) is 0 Å². The van der Waals surface area contributed by atoms with Crippen molar-refractivity contribution >= 4 is 22.5 Å². The van der Waals surface area contributed by atoms with E-state index in [4.69, 9.17) is 11.6 Å². The Hall–Kier alpha value is -2.06. The lowest BCUT2D eigenvalue weighted by atomic mass is 10.0. The molecule has 0 aliphatic rings. The van der Waals surface area contributed by atoms with Gasteiger partial charge in [-0.2, -0.15) is 0 Å². The lowest BCUT2D eigenvalue weighted by Gasteiger charge is -2.09. The van der Waals surface area contributed by atoms with E-state index in [9.17, 15) is 4.79 Å². The molecule has 0 saturated carbocycles. The zero-order chi connectivity index (χ0) is 13.4. The highest BCUT2D eigenvalue weighted by Crippen LogP contribution is 2.25. The summed E-state index contributed by atoms with van der Waals surface area (Å²) in [7, 11) is 0. The first-order chi connectivity index (χ1) is 9.18. The third-order valence-corrected chi connectivity index (χ3v) is 3.60. The normalized spacial score (nSPS) is 10.8. The summed E-state index contributed by atoms with van der Waals surface area (Å²) in [6.07, 6.45) is 0. The van der Waals surface area contributed by atoms with Crippen molar-refractivity contribution in [2.75, 3.05) is 0 Å². The zero-order valence-corrected chi connectivity index (χ0v) is 11.2. The fraction of sp³-hybridized carbons (Fsp3) is 0.0625. The summed E-state index contributed by atoms with van der Waals surface area (Å²) < 4.78 is 0. The van der Waals surface area contributed by atoms with Crippen molar-refractivity contribution in [3.63, 3.8) is 0 Å². The van der Waals surface area contributed by atoms with E-state index in [2.05, 4.69) is 4.98 Å². The Bertz CT molecular complexity index is 806. The van der Waals surface area contributed by atoms with Gasteiger partial charge in [0.1, 0.15) is 0 Å². The van der Waals surface area contributed by atoms with E-state index in [1.54, 1.807) is 18.2 Å². The third-order valence-electron chi connectivity index (χ3n) is 3.29. The number of fused-ring (bicyclic) bond motifs is 1. The molecule has 0 fully saturated rings. The Morgan fingerprint density at radius 2 is 1.74 bits per heavy atom. The number of benzene rings is 2. The van der Waals surface area contributed by atoms with E-state index < -0.39 is 0 Å². The third kappa shape index (κ3) is 1.94. The quantitative estimate of drug-likeness (QED) is 0.707. The van der Waals surface area contributed by atoms with E-state index in [-0.39, 0.29) is 5.43 Å². The van der Waals surface area contributed by atoms with Crippen LogP contribution >= 0.6 is 11.6 Å². The molecule has 0 radical (unpaired) electrons. The number of pyridine rings is 1. The molecule has 1 aromatic heterocycles. The molecule has 0 aliphatic heterocycles. The molecule has 94 valence electrons. The Morgan fingerprint density at radius 3 is 2.47 bits per heavy atom. The van der Waals surface area contributed by atoms with Gasteiger partial charge in [0, 0.05) is 10.9 Å². The first kappa shape index (κ1) is 12.0. The maximum Gasteiger partial charge on any atom is 0.192 e. The van der Waals surface area contributed by atoms with Gasteiger partial charge in [0.15, 0.2) is 5.43 Å². The van der Waals surface area contributed by atoms with Crippen LogP contribution in [0.15, 0.2) is 53.3 Å². The van der Waals surface area contributed by atoms with Crippen LogP contribution in [0.25, 0.3) is 22.2 Å². The standard InChI is InChI=1S/C16H12ClNO/c1-10-14(11-6-3-2-4-7-11)18-15-12(16(10)19)8-5-9-13(15)17/h2-9H,1H3,(H,18,19). The molecule has 3 rings (SSSR count). The summed E-state index contributed by atoms with van der Waals surface area (Å²) in [6, 6.07) is 15.2. The molecule has 0 aliphatic carbocycles. The first-order valence-corrected chi connectivity index (χ1v) is 6.43. The second kappa shape index (κ2) is 4.56. The minimum Gasteiger partial charge on any atom is -0.353 e. The van der Waals surface area contributed by atoms with Gasteiger partial charge in [0.2, 0.25) is 0 Å². The summed E-state index contributed by atoms with van der Waals surface area (Å²) in [5.41, 5.74) is 3.24. The maximum absolute atomic E-state index is 12.4. The molecule has 0 amide bonds. The largest absolute Gasteiger partial charge is 0.353 e. The van der Waals surface area contributed by atoms with Crippen LogP contribution in [0, 0.1) is 6.92 Å². The molecule has 1 N–H and O–H groups in total. The van der Waals surface area contributed by atoms with Crippen LogP contribution in [0.1, 0.15) is 5.56 Å². The predicted octanol–water partition coefficient (Wildman–Crippen LogP) is 4.16. The zero-order valence-electron chi connectivity index (χ0n) is 10.4. The first-order valence-electron chi connectivity index (χ1n) is 6.05. The number of rotatable bonds is 1. The van der Waals surface area contributed by atoms with Gasteiger partial charge in [0.25, 0.3) is 0 Å². The second-order valence-electron chi connectivity index (χ2n) is 4.48. The van der Waals surface area contributed by atoms with Gasteiger partial charge in [-0.3, -0.25) is 4.79 Å². The maximum atomic E-state index is 12.4. The topological polar surface area (TPSA) is 32.9 Å². The molecule has 2 aromatic carbocycles. The summed E-state index contributed by atoms with van der Waals surface area (Å²) in [4.78, 5) is 15.7. The van der Waals surface area contributed by atoms with Crippen molar-refractivity contribution < 1.29 is 0 Å².